The minimum absolute atomic E-state index is 0.455. The monoisotopic (exact) mass is 153 g/mol. The van der Waals surface area contributed by atoms with Gasteiger partial charge in [-0.25, -0.2) is 0 Å². The number of piperidine rings is 1. The Labute approximate surface area is 68.3 Å². The Kier molecular flexibility index (Phi) is 4.03. The van der Waals surface area contributed by atoms with Crippen LogP contribution in [0.25, 0.3) is 0 Å². The number of terminal acetylenes is 1. The summed E-state index contributed by atoms with van der Waals surface area (Å²) in [6.45, 7) is 3.52. The average Bonchev–Trinajstić information content (AvgIpc) is 2.07. The maximum absolute atomic E-state index is 5.25. The highest BCUT2D eigenvalue weighted by molar-refractivity contribution is 4.83. The highest BCUT2D eigenvalue weighted by atomic mass is 16.5. The second-order valence-corrected chi connectivity index (χ2v) is 2.93. The van der Waals surface area contributed by atoms with E-state index in [0.717, 1.165) is 19.7 Å². The normalized spacial score (nSPS) is 24.5. The first kappa shape index (κ1) is 8.58. The van der Waals surface area contributed by atoms with Gasteiger partial charge in [0.25, 0.3) is 0 Å². The minimum Gasteiger partial charge on any atom is -0.368 e. The molecule has 0 amide bonds. The molecule has 0 aromatic carbocycles. The fraction of sp³-hybridized carbons (Fsp3) is 0.778. The van der Waals surface area contributed by atoms with Crippen LogP contribution in [0.15, 0.2) is 0 Å². The third-order valence-corrected chi connectivity index (χ3v) is 1.94. The molecule has 0 radical (unpaired) electrons. The predicted molar refractivity (Wildman–Crippen MR) is 45.2 cm³/mol. The fourth-order valence-corrected chi connectivity index (χ4v) is 1.35. The van der Waals surface area contributed by atoms with Crippen molar-refractivity contribution in [1.29, 1.82) is 0 Å². The smallest absolute Gasteiger partial charge is 0.107 e. The van der Waals surface area contributed by atoms with Gasteiger partial charge in [-0.05, 0) is 25.3 Å². The first-order valence-electron chi connectivity index (χ1n) is 4.15. The Morgan fingerprint density at radius 3 is 3.18 bits per heavy atom. The predicted octanol–water partition coefficient (Wildman–Crippen LogP) is 0.636. The fourth-order valence-electron chi connectivity index (χ4n) is 1.35. The van der Waals surface area contributed by atoms with Gasteiger partial charge in [-0.2, -0.15) is 0 Å². The van der Waals surface area contributed by atoms with Gasteiger partial charge in [0.2, 0.25) is 0 Å². The van der Waals surface area contributed by atoms with Crippen molar-refractivity contribution in [2.75, 3.05) is 26.3 Å². The summed E-state index contributed by atoms with van der Waals surface area (Å²) >= 11 is 0. The zero-order valence-electron chi connectivity index (χ0n) is 6.81. The lowest BCUT2D eigenvalue weighted by molar-refractivity contribution is 0.114. The first-order valence-corrected chi connectivity index (χ1v) is 4.15. The zero-order valence-corrected chi connectivity index (χ0v) is 6.81. The molecule has 1 rings (SSSR count). The van der Waals surface area contributed by atoms with Crippen LogP contribution in [0.5, 0.6) is 0 Å². The lowest BCUT2D eigenvalue weighted by Gasteiger charge is -2.21. The van der Waals surface area contributed by atoms with E-state index in [1.807, 2.05) is 0 Å². The molecule has 2 heteroatoms. The zero-order chi connectivity index (χ0) is 7.94. The molecule has 2 nitrogen and oxygen atoms in total. The van der Waals surface area contributed by atoms with Crippen molar-refractivity contribution < 1.29 is 4.74 Å². The Bertz CT molecular complexity index is 133. The van der Waals surface area contributed by atoms with E-state index in [2.05, 4.69) is 11.2 Å². The van der Waals surface area contributed by atoms with Crippen LogP contribution in [0.3, 0.4) is 0 Å². The van der Waals surface area contributed by atoms with Crippen LogP contribution < -0.4 is 5.32 Å². The summed E-state index contributed by atoms with van der Waals surface area (Å²) in [5.41, 5.74) is 0. The maximum Gasteiger partial charge on any atom is 0.107 e. The van der Waals surface area contributed by atoms with Gasteiger partial charge in [0, 0.05) is 6.54 Å². The molecule has 0 aromatic heterocycles. The molecule has 1 aliphatic heterocycles. The summed E-state index contributed by atoms with van der Waals surface area (Å²) in [4.78, 5) is 0. The molecule has 0 aromatic rings. The number of rotatable bonds is 3. The quantitative estimate of drug-likeness (QED) is 0.474. The molecular formula is C9H15NO. The standard InChI is InChI=1S/C9H15NO/c1-2-6-11-8-9-4-3-5-10-7-9/h1,9-10H,3-8H2/t9-/m0/s1. The van der Waals surface area contributed by atoms with E-state index in [-0.39, 0.29) is 0 Å². The van der Waals surface area contributed by atoms with Gasteiger partial charge in [0.15, 0.2) is 0 Å². The second-order valence-electron chi connectivity index (χ2n) is 2.93. The van der Waals surface area contributed by atoms with Crippen molar-refractivity contribution in [3.63, 3.8) is 0 Å². The van der Waals surface area contributed by atoms with E-state index >= 15 is 0 Å². The van der Waals surface area contributed by atoms with Crippen LogP contribution in [0, 0.1) is 18.3 Å². The van der Waals surface area contributed by atoms with E-state index in [1.54, 1.807) is 0 Å². The third kappa shape index (κ3) is 3.41. The number of ether oxygens (including phenoxy) is 1. The van der Waals surface area contributed by atoms with Gasteiger partial charge in [-0.3, -0.25) is 0 Å². The Balaban J connectivity index is 2.01. The third-order valence-electron chi connectivity index (χ3n) is 1.94. The number of hydrogen-bond acceptors (Lipinski definition) is 2. The lowest BCUT2D eigenvalue weighted by Crippen LogP contribution is -2.32. The lowest BCUT2D eigenvalue weighted by atomic mass is 10.0. The molecule has 1 heterocycles. The molecule has 1 N–H and O–H groups in total. The van der Waals surface area contributed by atoms with Gasteiger partial charge in [-0.15, -0.1) is 6.42 Å². The van der Waals surface area contributed by atoms with Crippen molar-refractivity contribution >= 4 is 0 Å². The van der Waals surface area contributed by atoms with Crippen LogP contribution in [-0.4, -0.2) is 26.3 Å². The van der Waals surface area contributed by atoms with Crippen LogP contribution in [0.1, 0.15) is 12.8 Å². The minimum atomic E-state index is 0.455. The van der Waals surface area contributed by atoms with Gasteiger partial charge in [-0.1, -0.05) is 5.92 Å². The van der Waals surface area contributed by atoms with E-state index in [9.17, 15) is 0 Å². The molecule has 0 spiro atoms. The molecule has 1 aliphatic rings. The topological polar surface area (TPSA) is 21.3 Å². The van der Waals surface area contributed by atoms with Crippen molar-refractivity contribution in [1.82, 2.24) is 5.32 Å². The van der Waals surface area contributed by atoms with Gasteiger partial charge in [0.1, 0.15) is 6.61 Å². The molecule has 0 saturated carbocycles. The first-order chi connectivity index (χ1) is 5.43. The summed E-state index contributed by atoms with van der Waals surface area (Å²) in [6, 6.07) is 0. The molecule has 0 unspecified atom stereocenters. The van der Waals surface area contributed by atoms with Crippen molar-refractivity contribution in [2.45, 2.75) is 12.8 Å². The second kappa shape index (κ2) is 5.17. The van der Waals surface area contributed by atoms with Gasteiger partial charge in [0.05, 0.1) is 6.61 Å². The van der Waals surface area contributed by atoms with E-state index in [0.29, 0.717) is 12.5 Å². The molecule has 0 bridgehead atoms. The molecule has 1 fully saturated rings. The van der Waals surface area contributed by atoms with E-state index in [4.69, 9.17) is 11.2 Å². The molecule has 0 aliphatic carbocycles. The van der Waals surface area contributed by atoms with Crippen LogP contribution in [0.2, 0.25) is 0 Å². The van der Waals surface area contributed by atoms with Crippen LogP contribution in [-0.2, 0) is 4.74 Å². The van der Waals surface area contributed by atoms with Crippen molar-refractivity contribution in [3.05, 3.63) is 0 Å². The average molecular weight is 153 g/mol. The summed E-state index contributed by atoms with van der Waals surface area (Å²) in [5.74, 6) is 3.14. The molecule has 62 valence electrons. The van der Waals surface area contributed by atoms with E-state index in [1.165, 1.54) is 12.8 Å². The van der Waals surface area contributed by atoms with Crippen molar-refractivity contribution in [3.8, 4) is 12.3 Å². The maximum atomic E-state index is 5.25. The molecule has 11 heavy (non-hydrogen) atoms. The highest BCUT2D eigenvalue weighted by Crippen LogP contribution is 2.09. The number of hydrogen-bond donors (Lipinski definition) is 1. The van der Waals surface area contributed by atoms with Crippen molar-refractivity contribution in [2.24, 2.45) is 5.92 Å². The summed E-state index contributed by atoms with van der Waals surface area (Å²) in [5, 5.41) is 3.33. The van der Waals surface area contributed by atoms with Gasteiger partial charge >= 0.3 is 0 Å². The van der Waals surface area contributed by atoms with E-state index < -0.39 is 0 Å². The molecule has 1 saturated heterocycles. The SMILES string of the molecule is C#CCOC[C@H]1CCCNC1. The summed E-state index contributed by atoms with van der Waals surface area (Å²) < 4.78 is 5.25. The van der Waals surface area contributed by atoms with Crippen LogP contribution >= 0.6 is 0 Å². The molecular weight excluding hydrogens is 138 g/mol. The molecule has 1 atom stereocenters. The summed E-state index contributed by atoms with van der Waals surface area (Å²) in [6.07, 6.45) is 7.60. The number of nitrogens with one attached hydrogen (secondary N) is 1. The highest BCUT2D eigenvalue weighted by Gasteiger charge is 2.11. The Morgan fingerprint density at radius 1 is 1.64 bits per heavy atom. The Morgan fingerprint density at radius 2 is 2.55 bits per heavy atom. The largest absolute Gasteiger partial charge is 0.368 e. The van der Waals surface area contributed by atoms with Gasteiger partial charge < -0.3 is 10.1 Å². The summed E-state index contributed by atoms with van der Waals surface area (Å²) in [7, 11) is 0. The Hall–Kier alpha value is -0.520. The van der Waals surface area contributed by atoms with Crippen LogP contribution in [0.4, 0.5) is 0 Å².